The van der Waals surface area contributed by atoms with Gasteiger partial charge in [-0.1, -0.05) is 18.2 Å². The largest absolute Gasteiger partial charge is 0.313 e. The van der Waals surface area contributed by atoms with Crippen LogP contribution < -0.4 is 5.32 Å². The molecule has 1 aliphatic carbocycles. The molecule has 3 rings (SSSR count). The van der Waals surface area contributed by atoms with E-state index in [9.17, 15) is 0 Å². The van der Waals surface area contributed by atoms with Crippen molar-refractivity contribution in [2.24, 2.45) is 0 Å². The summed E-state index contributed by atoms with van der Waals surface area (Å²) in [5.41, 5.74) is 1.53. The van der Waals surface area contributed by atoms with Crippen molar-refractivity contribution < 1.29 is 0 Å². The number of nitrogens with one attached hydrogen (secondary N) is 1. The minimum atomic E-state index is 0.424. The minimum absolute atomic E-state index is 0.424. The third-order valence-corrected chi connectivity index (χ3v) is 5.76. The van der Waals surface area contributed by atoms with Gasteiger partial charge in [0.1, 0.15) is 0 Å². The summed E-state index contributed by atoms with van der Waals surface area (Å²) < 4.78 is 0. The van der Waals surface area contributed by atoms with Gasteiger partial charge in [0.25, 0.3) is 0 Å². The Bertz CT molecular complexity index is 376. The standard InChI is InChI=1S/C15H20ClNS/c16-12-5-7-13(8-6-12)17-10-14-9-11-3-1-2-4-15(11)18-14/h1-4,12-14,17H,5-10H2. The molecule has 1 saturated carbocycles. The molecule has 1 heterocycles. The first-order chi connectivity index (χ1) is 8.81. The van der Waals surface area contributed by atoms with Crippen molar-refractivity contribution in [3.05, 3.63) is 29.8 Å². The van der Waals surface area contributed by atoms with E-state index in [0.717, 1.165) is 11.8 Å². The van der Waals surface area contributed by atoms with E-state index < -0.39 is 0 Å². The molecule has 3 heteroatoms. The average Bonchev–Trinajstić information content (AvgIpc) is 2.81. The van der Waals surface area contributed by atoms with Gasteiger partial charge in [-0.05, 0) is 43.7 Å². The lowest BCUT2D eigenvalue weighted by molar-refractivity contribution is 0.378. The summed E-state index contributed by atoms with van der Waals surface area (Å²) in [7, 11) is 0. The van der Waals surface area contributed by atoms with Gasteiger partial charge in [-0.25, -0.2) is 0 Å². The molecule has 1 atom stereocenters. The summed E-state index contributed by atoms with van der Waals surface area (Å²) in [6.45, 7) is 1.14. The third-order valence-electron chi connectivity index (χ3n) is 4.00. The van der Waals surface area contributed by atoms with Crippen molar-refractivity contribution in [3.8, 4) is 0 Å². The number of hydrogen-bond acceptors (Lipinski definition) is 2. The maximum Gasteiger partial charge on any atom is 0.0337 e. The Kier molecular flexibility index (Phi) is 4.17. The fourth-order valence-electron chi connectivity index (χ4n) is 2.92. The fraction of sp³-hybridized carbons (Fsp3) is 0.600. The van der Waals surface area contributed by atoms with Crippen LogP contribution in [0.4, 0.5) is 0 Å². The molecule has 0 radical (unpaired) electrons. The minimum Gasteiger partial charge on any atom is -0.313 e. The zero-order chi connectivity index (χ0) is 12.4. The van der Waals surface area contributed by atoms with E-state index >= 15 is 0 Å². The van der Waals surface area contributed by atoms with Gasteiger partial charge >= 0.3 is 0 Å². The Morgan fingerprint density at radius 1 is 1.17 bits per heavy atom. The van der Waals surface area contributed by atoms with Crippen LogP contribution in [0.1, 0.15) is 31.2 Å². The number of fused-ring (bicyclic) bond motifs is 1. The van der Waals surface area contributed by atoms with E-state index in [1.165, 1.54) is 42.6 Å². The quantitative estimate of drug-likeness (QED) is 0.845. The van der Waals surface area contributed by atoms with Gasteiger partial charge in [0.05, 0.1) is 0 Å². The molecule has 0 aromatic heterocycles. The number of thioether (sulfide) groups is 1. The number of rotatable bonds is 3. The third kappa shape index (κ3) is 3.04. The molecular formula is C15H20ClNS. The first kappa shape index (κ1) is 12.8. The average molecular weight is 282 g/mol. The second-order valence-electron chi connectivity index (χ2n) is 5.41. The van der Waals surface area contributed by atoms with E-state index in [-0.39, 0.29) is 0 Å². The maximum atomic E-state index is 6.14. The molecule has 0 bridgehead atoms. The van der Waals surface area contributed by atoms with Gasteiger partial charge in [-0.3, -0.25) is 0 Å². The zero-order valence-electron chi connectivity index (χ0n) is 10.6. The molecule has 1 aliphatic heterocycles. The van der Waals surface area contributed by atoms with Gasteiger partial charge in [-0.15, -0.1) is 23.4 Å². The summed E-state index contributed by atoms with van der Waals surface area (Å²) in [5, 5.41) is 4.88. The van der Waals surface area contributed by atoms with E-state index in [1.807, 2.05) is 11.8 Å². The van der Waals surface area contributed by atoms with Gasteiger partial charge < -0.3 is 5.32 Å². The van der Waals surface area contributed by atoms with E-state index in [0.29, 0.717) is 11.4 Å². The lowest BCUT2D eigenvalue weighted by Crippen LogP contribution is -2.37. The second-order valence-corrected chi connectivity index (χ2v) is 7.37. The molecule has 0 spiro atoms. The van der Waals surface area contributed by atoms with Gasteiger partial charge in [-0.2, -0.15) is 0 Å². The summed E-state index contributed by atoms with van der Waals surface area (Å²) in [4.78, 5) is 1.48. The van der Waals surface area contributed by atoms with Crippen molar-refractivity contribution in [2.75, 3.05) is 6.54 Å². The highest BCUT2D eigenvalue weighted by Gasteiger charge is 2.24. The van der Waals surface area contributed by atoms with Crippen LogP contribution in [0.25, 0.3) is 0 Å². The summed E-state index contributed by atoms with van der Waals surface area (Å²) in [6.07, 6.45) is 6.07. The molecule has 1 unspecified atom stereocenters. The van der Waals surface area contributed by atoms with Crippen molar-refractivity contribution >= 4 is 23.4 Å². The lowest BCUT2D eigenvalue weighted by Gasteiger charge is -2.26. The van der Waals surface area contributed by atoms with E-state index in [1.54, 1.807) is 0 Å². The molecule has 0 amide bonds. The molecule has 2 aliphatic rings. The SMILES string of the molecule is ClC1CCC(NCC2Cc3ccccc3S2)CC1. The van der Waals surface area contributed by atoms with Crippen molar-refractivity contribution in [3.63, 3.8) is 0 Å². The summed E-state index contributed by atoms with van der Waals surface area (Å²) in [5.74, 6) is 0. The van der Waals surface area contributed by atoms with Gasteiger partial charge in [0.2, 0.25) is 0 Å². The van der Waals surface area contributed by atoms with E-state index in [2.05, 4.69) is 29.6 Å². The highest BCUT2D eigenvalue weighted by Crippen LogP contribution is 2.36. The van der Waals surface area contributed by atoms with Crippen LogP contribution in [0.2, 0.25) is 0 Å². The Morgan fingerprint density at radius 2 is 1.94 bits per heavy atom. The first-order valence-corrected chi connectivity index (χ1v) is 8.25. The van der Waals surface area contributed by atoms with Crippen molar-refractivity contribution in [2.45, 2.75) is 53.7 Å². The molecule has 98 valence electrons. The van der Waals surface area contributed by atoms with Crippen LogP contribution in [-0.4, -0.2) is 23.2 Å². The molecule has 1 nitrogen and oxygen atoms in total. The van der Waals surface area contributed by atoms with Crippen LogP contribution in [0.15, 0.2) is 29.2 Å². The van der Waals surface area contributed by atoms with Gasteiger partial charge in [0, 0.05) is 28.1 Å². The lowest BCUT2D eigenvalue weighted by atomic mass is 9.95. The van der Waals surface area contributed by atoms with Crippen molar-refractivity contribution in [1.82, 2.24) is 5.32 Å². The number of benzene rings is 1. The van der Waals surface area contributed by atoms with E-state index in [4.69, 9.17) is 11.6 Å². The maximum absolute atomic E-state index is 6.14. The molecule has 1 N–H and O–H groups in total. The second kappa shape index (κ2) is 5.85. The van der Waals surface area contributed by atoms with Crippen LogP contribution in [0.5, 0.6) is 0 Å². The summed E-state index contributed by atoms with van der Waals surface area (Å²) in [6, 6.07) is 9.50. The molecule has 1 aromatic rings. The van der Waals surface area contributed by atoms with Gasteiger partial charge in [0.15, 0.2) is 0 Å². The highest BCUT2D eigenvalue weighted by molar-refractivity contribution is 8.00. The molecule has 0 saturated heterocycles. The fourth-order valence-corrected chi connectivity index (χ4v) is 4.44. The normalized spacial score (nSPS) is 31.3. The Morgan fingerprint density at radius 3 is 2.72 bits per heavy atom. The smallest absolute Gasteiger partial charge is 0.0337 e. The van der Waals surface area contributed by atoms with Crippen molar-refractivity contribution in [1.29, 1.82) is 0 Å². The number of hydrogen-bond donors (Lipinski definition) is 1. The molecular weight excluding hydrogens is 262 g/mol. The predicted molar refractivity (Wildman–Crippen MR) is 79.7 cm³/mol. The Balaban J connectivity index is 1.46. The monoisotopic (exact) mass is 281 g/mol. The molecule has 1 aromatic carbocycles. The topological polar surface area (TPSA) is 12.0 Å². The van der Waals surface area contributed by atoms with Crippen LogP contribution >= 0.6 is 23.4 Å². The zero-order valence-corrected chi connectivity index (χ0v) is 12.1. The molecule has 1 fully saturated rings. The summed E-state index contributed by atoms with van der Waals surface area (Å²) >= 11 is 8.17. The Labute approximate surface area is 119 Å². The highest BCUT2D eigenvalue weighted by atomic mass is 35.5. The Hall–Kier alpha value is -0.180. The number of halogens is 1. The van der Waals surface area contributed by atoms with Crippen LogP contribution in [0.3, 0.4) is 0 Å². The number of alkyl halides is 1. The predicted octanol–water partition coefficient (Wildman–Crippen LogP) is 3.84. The molecule has 18 heavy (non-hydrogen) atoms. The first-order valence-electron chi connectivity index (χ1n) is 6.93. The van der Waals surface area contributed by atoms with Crippen LogP contribution in [-0.2, 0) is 6.42 Å². The van der Waals surface area contributed by atoms with Crippen LogP contribution in [0, 0.1) is 0 Å².